The maximum atomic E-state index is 11.9. The number of rotatable bonds is 10. The fourth-order valence-corrected chi connectivity index (χ4v) is 5.77. The summed E-state index contributed by atoms with van der Waals surface area (Å²) in [6, 6.07) is 23.1. The predicted octanol–water partition coefficient (Wildman–Crippen LogP) is 7.08. The number of methoxy groups -OCH3 is 2. The van der Waals surface area contributed by atoms with E-state index in [1.165, 1.54) is 0 Å². The molecule has 0 aliphatic carbocycles. The SMILES string of the molecule is CC.COc1ccc(-n2c(C(N)=O)nnc2-c2cc(C(C)C)c(O)cc2C)cc1.COc1ccc(-n2c(C(N)=O)nnc2-c2ccc(O)c(C(C)C)c2)cc1. The molecule has 2 amide bonds. The second kappa shape index (κ2) is 17.9. The second-order valence-corrected chi connectivity index (χ2v) is 12.8. The number of carbonyl (C=O) groups is 2. The fourth-order valence-electron chi connectivity index (χ4n) is 5.77. The monoisotopic (exact) mass is 748 g/mol. The van der Waals surface area contributed by atoms with Crippen molar-refractivity contribution in [1.29, 1.82) is 0 Å². The summed E-state index contributed by atoms with van der Waals surface area (Å²) in [5.74, 6) is 1.74. The summed E-state index contributed by atoms with van der Waals surface area (Å²) in [5.41, 5.74) is 16.2. The van der Waals surface area contributed by atoms with Crippen molar-refractivity contribution >= 4 is 11.8 Å². The summed E-state index contributed by atoms with van der Waals surface area (Å²) in [5, 5.41) is 36.6. The van der Waals surface area contributed by atoms with E-state index in [0.717, 1.165) is 27.8 Å². The van der Waals surface area contributed by atoms with Crippen LogP contribution in [0.4, 0.5) is 0 Å². The van der Waals surface area contributed by atoms with E-state index in [9.17, 15) is 19.8 Å². The molecule has 0 aliphatic rings. The van der Waals surface area contributed by atoms with Gasteiger partial charge in [0.1, 0.15) is 23.0 Å². The number of primary amides is 2. The van der Waals surface area contributed by atoms with Gasteiger partial charge in [-0.05, 0) is 114 Å². The molecule has 0 bridgehead atoms. The van der Waals surface area contributed by atoms with Crippen molar-refractivity contribution < 1.29 is 29.3 Å². The molecule has 4 aromatic carbocycles. The summed E-state index contributed by atoms with van der Waals surface area (Å²) in [6.07, 6.45) is 0. The number of nitrogens with zero attached hydrogens (tertiary/aromatic N) is 6. The lowest BCUT2D eigenvalue weighted by molar-refractivity contribution is 0.0980. The van der Waals surface area contributed by atoms with Crippen LogP contribution in [-0.4, -0.2) is 65.8 Å². The lowest BCUT2D eigenvalue weighted by Crippen LogP contribution is -2.18. The first-order chi connectivity index (χ1) is 26.2. The van der Waals surface area contributed by atoms with Crippen molar-refractivity contribution in [3.05, 3.63) is 107 Å². The molecule has 2 aromatic heterocycles. The largest absolute Gasteiger partial charge is 0.508 e. The van der Waals surface area contributed by atoms with Crippen molar-refractivity contribution in [1.82, 2.24) is 29.5 Å². The number of amides is 2. The molecule has 14 nitrogen and oxygen atoms in total. The average molecular weight is 749 g/mol. The van der Waals surface area contributed by atoms with Gasteiger partial charge >= 0.3 is 0 Å². The van der Waals surface area contributed by atoms with Crippen LogP contribution >= 0.6 is 0 Å². The van der Waals surface area contributed by atoms with Crippen LogP contribution in [0.25, 0.3) is 34.2 Å². The van der Waals surface area contributed by atoms with Crippen molar-refractivity contribution in [3.63, 3.8) is 0 Å². The van der Waals surface area contributed by atoms with Gasteiger partial charge in [0.25, 0.3) is 11.8 Å². The zero-order valence-corrected chi connectivity index (χ0v) is 32.5. The first-order valence-corrected chi connectivity index (χ1v) is 17.7. The number of nitrogens with two attached hydrogens (primary N) is 2. The Bertz CT molecular complexity index is 2260. The number of benzene rings is 4. The Morgan fingerprint density at radius 2 is 1.05 bits per heavy atom. The van der Waals surface area contributed by atoms with Crippen LogP contribution in [0.5, 0.6) is 23.0 Å². The fraction of sp³-hybridized carbons (Fsp3) is 0.268. The zero-order chi connectivity index (χ0) is 40.6. The maximum absolute atomic E-state index is 11.9. The Labute approximate surface area is 320 Å². The minimum Gasteiger partial charge on any atom is -0.508 e. The van der Waals surface area contributed by atoms with E-state index in [4.69, 9.17) is 20.9 Å². The van der Waals surface area contributed by atoms with Crippen LogP contribution in [0.1, 0.15) is 91.3 Å². The third-order valence-electron chi connectivity index (χ3n) is 8.57. The van der Waals surface area contributed by atoms with E-state index in [1.54, 1.807) is 90.1 Å². The molecule has 14 heteroatoms. The highest BCUT2D eigenvalue weighted by Gasteiger charge is 2.23. The van der Waals surface area contributed by atoms with Gasteiger partial charge in [-0.3, -0.25) is 18.7 Å². The molecule has 288 valence electrons. The molecule has 0 saturated heterocycles. The van der Waals surface area contributed by atoms with Crippen LogP contribution in [0, 0.1) is 6.92 Å². The minimum atomic E-state index is -0.678. The van der Waals surface area contributed by atoms with Gasteiger partial charge in [-0.2, -0.15) is 0 Å². The molecule has 2 heterocycles. The molecule has 6 aromatic rings. The lowest BCUT2D eigenvalue weighted by Gasteiger charge is -2.15. The van der Waals surface area contributed by atoms with Crippen LogP contribution in [0.2, 0.25) is 0 Å². The molecule has 55 heavy (non-hydrogen) atoms. The van der Waals surface area contributed by atoms with Crippen molar-refractivity contribution in [2.75, 3.05) is 14.2 Å². The van der Waals surface area contributed by atoms with Crippen molar-refractivity contribution in [3.8, 4) is 57.1 Å². The highest BCUT2D eigenvalue weighted by atomic mass is 16.5. The molecule has 0 atom stereocenters. The Balaban J connectivity index is 0.000000234. The average Bonchev–Trinajstić information content (AvgIpc) is 3.82. The Morgan fingerprint density at radius 1 is 0.618 bits per heavy atom. The zero-order valence-electron chi connectivity index (χ0n) is 32.5. The van der Waals surface area contributed by atoms with E-state index in [0.29, 0.717) is 34.5 Å². The maximum Gasteiger partial charge on any atom is 0.287 e. The van der Waals surface area contributed by atoms with Crippen molar-refractivity contribution in [2.24, 2.45) is 11.5 Å². The number of aromatic nitrogens is 6. The van der Waals surface area contributed by atoms with Gasteiger partial charge in [-0.25, -0.2) is 0 Å². The molecular formula is C41H48N8O6. The van der Waals surface area contributed by atoms with Gasteiger partial charge in [0.05, 0.1) is 14.2 Å². The first-order valence-electron chi connectivity index (χ1n) is 17.7. The van der Waals surface area contributed by atoms with Gasteiger partial charge in [0.15, 0.2) is 11.6 Å². The summed E-state index contributed by atoms with van der Waals surface area (Å²) < 4.78 is 13.6. The van der Waals surface area contributed by atoms with Gasteiger partial charge in [0, 0.05) is 22.5 Å². The van der Waals surface area contributed by atoms with Crippen LogP contribution in [0.3, 0.4) is 0 Å². The smallest absolute Gasteiger partial charge is 0.287 e. The van der Waals surface area contributed by atoms with E-state index in [-0.39, 0.29) is 35.0 Å². The topological polar surface area (TPSA) is 207 Å². The Morgan fingerprint density at radius 3 is 1.49 bits per heavy atom. The summed E-state index contributed by atoms with van der Waals surface area (Å²) in [4.78, 5) is 23.7. The minimum absolute atomic E-state index is 0.0318. The van der Waals surface area contributed by atoms with E-state index in [2.05, 4.69) is 20.4 Å². The number of hydrogen-bond acceptors (Lipinski definition) is 10. The summed E-state index contributed by atoms with van der Waals surface area (Å²) in [7, 11) is 3.17. The number of carbonyl (C=O) groups excluding carboxylic acids is 2. The van der Waals surface area contributed by atoms with Gasteiger partial charge in [0.2, 0.25) is 11.6 Å². The predicted molar refractivity (Wildman–Crippen MR) is 211 cm³/mol. The molecule has 6 rings (SSSR count). The Hall–Kier alpha value is -6.70. The highest BCUT2D eigenvalue weighted by Crippen LogP contribution is 2.35. The number of aromatic hydroxyl groups is 2. The molecule has 0 fully saturated rings. The van der Waals surface area contributed by atoms with Gasteiger partial charge < -0.3 is 31.2 Å². The lowest BCUT2D eigenvalue weighted by atomic mass is 9.96. The molecule has 0 aliphatic heterocycles. The van der Waals surface area contributed by atoms with E-state index >= 15 is 0 Å². The highest BCUT2D eigenvalue weighted by molar-refractivity contribution is 5.91. The van der Waals surface area contributed by atoms with Gasteiger partial charge in [-0.1, -0.05) is 41.5 Å². The Kier molecular flexibility index (Phi) is 13.4. The molecule has 0 radical (unpaired) electrons. The third kappa shape index (κ3) is 8.92. The number of hydrogen-bond donors (Lipinski definition) is 4. The third-order valence-corrected chi connectivity index (χ3v) is 8.57. The van der Waals surface area contributed by atoms with Crippen LogP contribution in [-0.2, 0) is 0 Å². The number of aryl methyl sites for hydroxylation is 1. The number of ether oxygens (including phenoxy) is 2. The van der Waals surface area contributed by atoms with E-state index in [1.807, 2.05) is 60.6 Å². The summed E-state index contributed by atoms with van der Waals surface area (Å²) >= 11 is 0. The molecule has 6 N–H and O–H groups in total. The summed E-state index contributed by atoms with van der Waals surface area (Å²) in [6.45, 7) is 13.8. The first kappa shape index (κ1) is 41.1. The normalized spacial score (nSPS) is 10.7. The van der Waals surface area contributed by atoms with Crippen LogP contribution in [0.15, 0.2) is 78.9 Å². The second-order valence-electron chi connectivity index (χ2n) is 12.8. The molecule has 0 saturated carbocycles. The van der Waals surface area contributed by atoms with Crippen LogP contribution < -0.4 is 20.9 Å². The molecule has 0 unspecified atom stereocenters. The standard InChI is InChI=1S/C20H22N4O3.C19H20N4O3.C2H6/c1-11(2)15-10-16(12(3)9-17(15)25)19-22-23-20(18(21)26)24(19)13-5-7-14(27-4)8-6-13;1-11(2)15-10-12(4-9-16(15)24)18-21-22-19(17(20)25)23(18)13-5-7-14(26-3)8-6-13;1-2/h5-11,25H,1-4H3,(H2,21,26);4-11,24H,1-3H3,(H2,20,25);1-2H3. The van der Waals surface area contributed by atoms with Crippen molar-refractivity contribution in [2.45, 2.75) is 60.3 Å². The molecular weight excluding hydrogens is 701 g/mol. The number of phenolic OH excluding ortho intramolecular Hbond substituents is 2. The van der Waals surface area contributed by atoms with E-state index < -0.39 is 11.8 Å². The number of phenols is 2. The van der Waals surface area contributed by atoms with Gasteiger partial charge in [-0.15, -0.1) is 20.4 Å². The quantitative estimate of drug-likeness (QED) is 0.112. The molecule has 0 spiro atoms.